The van der Waals surface area contributed by atoms with Crippen molar-refractivity contribution in [2.75, 3.05) is 33.0 Å². The van der Waals surface area contributed by atoms with E-state index in [0.29, 0.717) is 33.0 Å². The zero-order chi connectivity index (χ0) is 17.7. The van der Waals surface area contributed by atoms with Gasteiger partial charge < -0.3 is 23.7 Å². The fourth-order valence-corrected chi connectivity index (χ4v) is 2.58. The van der Waals surface area contributed by atoms with Gasteiger partial charge in [-0.05, 0) is 38.7 Å². The van der Waals surface area contributed by atoms with Crippen molar-refractivity contribution < 1.29 is 23.7 Å². The van der Waals surface area contributed by atoms with Gasteiger partial charge in [-0.3, -0.25) is 0 Å². The van der Waals surface area contributed by atoms with E-state index in [9.17, 15) is 0 Å². The van der Waals surface area contributed by atoms with Crippen LogP contribution in [0.1, 0.15) is 38.7 Å². The van der Waals surface area contributed by atoms with Crippen molar-refractivity contribution in [2.24, 2.45) is 0 Å². The Hall–Kier alpha value is -0.980. The molecule has 142 valence electrons. The van der Waals surface area contributed by atoms with Crippen LogP contribution in [-0.2, 0) is 30.3 Å². The zero-order valence-corrected chi connectivity index (χ0v) is 15.5. The highest BCUT2D eigenvalue weighted by atomic mass is 16.7. The molecule has 0 amide bonds. The molecule has 0 aliphatic carbocycles. The third kappa shape index (κ3) is 8.79. The van der Waals surface area contributed by atoms with Crippen molar-refractivity contribution in [1.82, 2.24) is 0 Å². The zero-order valence-electron chi connectivity index (χ0n) is 15.5. The Morgan fingerprint density at radius 2 is 1.68 bits per heavy atom. The Balaban J connectivity index is 1.45. The van der Waals surface area contributed by atoms with E-state index in [4.69, 9.17) is 23.7 Å². The average Bonchev–Trinajstić information content (AvgIpc) is 2.66. The summed E-state index contributed by atoms with van der Waals surface area (Å²) in [5.41, 5.74) is 1.18. The lowest BCUT2D eigenvalue weighted by Crippen LogP contribution is -2.30. The summed E-state index contributed by atoms with van der Waals surface area (Å²) in [7, 11) is 0. The Kier molecular flexibility index (Phi) is 10.1. The second-order valence-electron chi connectivity index (χ2n) is 6.36. The topological polar surface area (TPSA) is 46.2 Å². The first-order chi connectivity index (χ1) is 12.3. The Bertz CT molecular complexity index is 433. The van der Waals surface area contributed by atoms with Gasteiger partial charge in [-0.1, -0.05) is 30.3 Å². The monoisotopic (exact) mass is 352 g/mol. The van der Waals surface area contributed by atoms with Crippen LogP contribution in [0.25, 0.3) is 0 Å². The van der Waals surface area contributed by atoms with Gasteiger partial charge in [-0.2, -0.15) is 0 Å². The van der Waals surface area contributed by atoms with E-state index in [1.165, 1.54) is 12.0 Å². The largest absolute Gasteiger partial charge is 0.374 e. The molecule has 1 aromatic carbocycles. The summed E-state index contributed by atoms with van der Waals surface area (Å²) in [4.78, 5) is 0. The van der Waals surface area contributed by atoms with Gasteiger partial charge in [0.25, 0.3) is 0 Å². The summed E-state index contributed by atoms with van der Waals surface area (Å²) in [6.07, 6.45) is 3.29. The van der Waals surface area contributed by atoms with E-state index in [0.717, 1.165) is 19.4 Å². The van der Waals surface area contributed by atoms with E-state index in [2.05, 4.69) is 12.1 Å². The summed E-state index contributed by atoms with van der Waals surface area (Å²) >= 11 is 0. The summed E-state index contributed by atoms with van der Waals surface area (Å²) < 4.78 is 28.3. The molecule has 1 aromatic rings. The van der Waals surface area contributed by atoms with Gasteiger partial charge in [0.1, 0.15) is 0 Å². The second-order valence-corrected chi connectivity index (χ2v) is 6.36. The van der Waals surface area contributed by atoms with Gasteiger partial charge >= 0.3 is 0 Å². The lowest BCUT2D eigenvalue weighted by Gasteiger charge is -2.24. The standard InChI is InChI=1S/C20H32O5/c1-17(22-13-12-21-16-19-8-4-3-5-9-19)18(2)23-14-15-25-20-10-6-7-11-24-20/h3-5,8-9,17-18,20H,6-7,10-16H2,1-2H3. The summed E-state index contributed by atoms with van der Waals surface area (Å²) in [6.45, 7) is 7.72. The molecule has 3 unspecified atom stereocenters. The SMILES string of the molecule is CC(OCCOCc1ccccc1)C(C)OCCOC1CCCCO1. The number of hydrogen-bond acceptors (Lipinski definition) is 5. The molecule has 0 aromatic heterocycles. The molecule has 25 heavy (non-hydrogen) atoms. The number of rotatable bonds is 12. The molecule has 2 rings (SSSR count). The fourth-order valence-electron chi connectivity index (χ4n) is 2.58. The molecule has 0 bridgehead atoms. The maximum atomic E-state index is 5.77. The highest BCUT2D eigenvalue weighted by Crippen LogP contribution is 2.13. The van der Waals surface area contributed by atoms with Gasteiger partial charge in [0.2, 0.25) is 0 Å². The first kappa shape index (κ1) is 20.3. The molecule has 0 radical (unpaired) electrons. The van der Waals surface area contributed by atoms with Crippen LogP contribution in [0.15, 0.2) is 30.3 Å². The lowest BCUT2D eigenvalue weighted by atomic mass is 10.2. The van der Waals surface area contributed by atoms with Gasteiger partial charge in [0.15, 0.2) is 6.29 Å². The van der Waals surface area contributed by atoms with Crippen molar-refractivity contribution in [3.05, 3.63) is 35.9 Å². The summed E-state index contributed by atoms with van der Waals surface area (Å²) in [5.74, 6) is 0. The number of benzene rings is 1. The van der Waals surface area contributed by atoms with Crippen LogP contribution in [0.3, 0.4) is 0 Å². The molecule has 5 nitrogen and oxygen atoms in total. The van der Waals surface area contributed by atoms with E-state index in [1.807, 2.05) is 32.0 Å². The van der Waals surface area contributed by atoms with Crippen molar-refractivity contribution in [3.8, 4) is 0 Å². The van der Waals surface area contributed by atoms with E-state index in [1.54, 1.807) is 0 Å². The molecular formula is C20H32O5. The predicted molar refractivity (Wildman–Crippen MR) is 96.5 cm³/mol. The van der Waals surface area contributed by atoms with Crippen LogP contribution in [0, 0.1) is 0 Å². The quantitative estimate of drug-likeness (QED) is 0.538. The van der Waals surface area contributed by atoms with Crippen molar-refractivity contribution >= 4 is 0 Å². The predicted octanol–water partition coefficient (Wildman–Crippen LogP) is 3.56. The number of hydrogen-bond donors (Lipinski definition) is 0. The van der Waals surface area contributed by atoms with Gasteiger partial charge in [0.05, 0.1) is 45.2 Å². The second kappa shape index (κ2) is 12.4. The van der Waals surface area contributed by atoms with Crippen LogP contribution in [0.4, 0.5) is 0 Å². The van der Waals surface area contributed by atoms with E-state index in [-0.39, 0.29) is 18.5 Å². The summed E-state index contributed by atoms with van der Waals surface area (Å²) in [5, 5.41) is 0. The normalized spacial score (nSPS) is 20.3. The van der Waals surface area contributed by atoms with Crippen LogP contribution in [-0.4, -0.2) is 51.5 Å². The van der Waals surface area contributed by atoms with Crippen LogP contribution in [0.5, 0.6) is 0 Å². The smallest absolute Gasteiger partial charge is 0.157 e. The lowest BCUT2D eigenvalue weighted by molar-refractivity contribution is -0.174. The van der Waals surface area contributed by atoms with Crippen LogP contribution >= 0.6 is 0 Å². The minimum absolute atomic E-state index is 0.0185. The molecule has 1 fully saturated rings. The van der Waals surface area contributed by atoms with Gasteiger partial charge in [-0.15, -0.1) is 0 Å². The molecule has 0 saturated carbocycles. The first-order valence-corrected chi connectivity index (χ1v) is 9.34. The molecule has 0 N–H and O–H groups in total. The number of ether oxygens (including phenoxy) is 5. The van der Waals surface area contributed by atoms with Crippen molar-refractivity contribution in [3.63, 3.8) is 0 Å². The minimum atomic E-state index is -0.0527. The average molecular weight is 352 g/mol. The highest BCUT2D eigenvalue weighted by molar-refractivity contribution is 5.13. The Labute approximate surface area is 151 Å². The third-order valence-corrected chi connectivity index (χ3v) is 4.29. The van der Waals surface area contributed by atoms with Crippen LogP contribution < -0.4 is 0 Å². The fraction of sp³-hybridized carbons (Fsp3) is 0.700. The summed E-state index contributed by atoms with van der Waals surface area (Å²) in [6, 6.07) is 10.1. The maximum absolute atomic E-state index is 5.77. The van der Waals surface area contributed by atoms with Crippen LogP contribution in [0.2, 0.25) is 0 Å². The minimum Gasteiger partial charge on any atom is -0.374 e. The molecule has 1 saturated heterocycles. The van der Waals surface area contributed by atoms with E-state index < -0.39 is 0 Å². The molecular weight excluding hydrogens is 320 g/mol. The maximum Gasteiger partial charge on any atom is 0.157 e. The molecule has 1 heterocycles. The first-order valence-electron chi connectivity index (χ1n) is 9.34. The van der Waals surface area contributed by atoms with Crippen molar-refractivity contribution in [2.45, 2.75) is 58.2 Å². The molecule has 5 heteroatoms. The third-order valence-electron chi connectivity index (χ3n) is 4.29. The van der Waals surface area contributed by atoms with Crippen molar-refractivity contribution in [1.29, 1.82) is 0 Å². The Morgan fingerprint density at radius 3 is 2.36 bits per heavy atom. The molecule has 0 spiro atoms. The van der Waals surface area contributed by atoms with E-state index >= 15 is 0 Å². The van der Waals surface area contributed by atoms with Gasteiger partial charge in [-0.25, -0.2) is 0 Å². The molecule has 1 aliphatic heterocycles. The molecule has 3 atom stereocenters. The highest BCUT2D eigenvalue weighted by Gasteiger charge is 2.15. The van der Waals surface area contributed by atoms with Gasteiger partial charge in [0, 0.05) is 6.61 Å². The Morgan fingerprint density at radius 1 is 0.960 bits per heavy atom. The molecule has 1 aliphatic rings.